The minimum atomic E-state index is -4.71. The van der Waals surface area contributed by atoms with Gasteiger partial charge in [0.15, 0.2) is 5.82 Å². The summed E-state index contributed by atoms with van der Waals surface area (Å²) in [5.74, 6) is -1.65. The van der Waals surface area contributed by atoms with Crippen molar-refractivity contribution in [3.05, 3.63) is 29.6 Å². The highest BCUT2D eigenvalue weighted by atomic mass is 28.4. The van der Waals surface area contributed by atoms with Gasteiger partial charge in [-0.05, 0) is 30.3 Å². The van der Waals surface area contributed by atoms with Crippen LogP contribution < -0.4 is 4.43 Å². The molecule has 0 aromatic heterocycles. The molecule has 0 heterocycles. The fraction of sp³-hybridized carbons (Fsp3) is 0.538. The second kappa shape index (κ2) is 4.81. The van der Waals surface area contributed by atoms with E-state index in [1.165, 1.54) is 6.07 Å². The Morgan fingerprint density at radius 1 is 1.05 bits per heavy atom. The Bertz CT molecular complexity index is 461. The van der Waals surface area contributed by atoms with E-state index in [1.807, 2.05) is 33.9 Å². The molecule has 19 heavy (non-hydrogen) atoms. The molecule has 0 aliphatic carbocycles. The molecular weight excluding hydrogens is 276 g/mol. The summed E-state index contributed by atoms with van der Waals surface area (Å²) in [4.78, 5) is 0. The summed E-state index contributed by atoms with van der Waals surface area (Å²) in [5.41, 5.74) is -1.29. The predicted octanol–water partition coefficient (Wildman–Crippen LogP) is 5.23. The molecule has 0 bridgehead atoms. The van der Waals surface area contributed by atoms with Gasteiger partial charge in [-0.25, -0.2) is 4.39 Å². The number of hydrogen-bond acceptors (Lipinski definition) is 1. The van der Waals surface area contributed by atoms with E-state index in [1.54, 1.807) is 0 Å². The summed E-state index contributed by atoms with van der Waals surface area (Å²) in [7, 11) is -2.37. The van der Waals surface area contributed by atoms with Crippen LogP contribution in [0.15, 0.2) is 18.2 Å². The maximum atomic E-state index is 13.9. The molecule has 0 amide bonds. The number of hydrogen-bond donors (Lipinski definition) is 0. The molecule has 0 unspecified atom stereocenters. The fourth-order valence-corrected chi connectivity index (χ4v) is 2.25. The zero-order valence-corrected chi connectivity index (χ0v) is 12.7. The summed E-state index contributed by atoms with van der Waals surface area (Å²) >= 11 is 0. The SMILES string of the molecule is CC(C)(C)[Si](C)(C)Oc1cccc(C(F)(F)F)c1F. The topological polar surface area (TPSA) is 9.23 Å². The van der Waals surface area contributed by atoms with Gasteiger partial charge in [-0.2, -0.15) is 13.2 Å². The van der Waals surface area contributed by atoms with E-state index in [2.05, 4.69) is 0 Å². The van der Waals surface area contributed by atoms with Crippen LogP contribution in [0, 0.1) is 5.82 Å². The fourth-order valence-electron chi connectivity index (χ4n) is 1.24. The van der Waals surface area contributed by atoms with Crippen LogP contribution in [0.3, 0.4) is 0 Å². The van der Waals surface area contributed by atoms with Gasteiger partial charge in [0.2, 0.25) is 0 Å². The lowest BCUT2D eigenvalue weighted by Crippen LogP contribution is -2.44. The van der Waals surface area contributed by atoms with Gasteiger partial charge < -0.3 is 4.43 Å². The van der Waals surface area contributed by atoms with Crippen molar-refractivity contribution in [3.8, 4) is 5.75 Å². The molecule has 0 atom stereocenters. The molecule has 1 nitrogen and oxygen atoms in total. The summed E-state index contributed by atoms with van der Waals surface area (Å²) in [6.07, 6.45) is -4.71. The average molecular weight is 294 g/mol. The van der Waals surface area contributed by atoms with Gasteiger partial charge in [-0.1, -0.05) is 26.8 Å². The van der Waals surface area contributed by atoms with Crippen LogP contribution in [0.25, 0.3) is 0 Å². The quantitative estimate of drug-likeness (QED) is 0.536. The highest BCUT2D eigenvalue weighted by molar-refractivity contribution is 6.74. The number of alkyl halides is 3. The molecule has 0 aliphatic heterocycles. The molecule has 0 aliphatic rings. The average Bonchev–Trinajstić information content (AvgIpc) is 2.17. The maximum Gasteiger partial charge on any atom is 0.419 e. The van der Waals surface area contributed by atoms with E-state index < -0.39 is 25.9 Å². The molecule has 0 fully saturated rings. The molecule has 108 valence electrons. The van der Waals surface area contributed by atoms with Crippen molar-refractivity contribution in [1.29, 1.82) is 0 Å². The number of halogens is 4. The number of benzene rings is 1. The van der Waals surface area contributed by atoms with E-state index in [4.69, 9.17) is 4.43 Å². The van der Waals surface area contributed by atoms with Gasteiger partial charge in [0.05, 0.1) is 5.56 Å². The predicted molar refractivity (Wildman–Crippen MR) is 69.2 cm³/mol. The van der Waals surface area contributed by atoms with Crippen LogP contribution in [0.1, 0.15) is 26.3 Å². The Morgan fingerprint density at radius 2 is 1.58 bits per heavy atom. The molecule has 1 rings (SSSR count). The Hall–Kier alpha value is -1.04. The second-order valence-electron chi connectivity index (χ2n) is 5.98. The normalized spacial score (nSPS) is 13.5. The van der Waals surface area contributed by atoms with E-state index in [-0.39, 0.29) is 10.8 Å². The zero-order valence-electron chi connectivity index (χ0n) is 11.7. The van der Waals surface area contributed by atoms with E-state index in [9.17, 15) is 17.6 Å². The van der Waals surface area contributed by atoms with Gasteiger partial charge in [0.25, 0.3) is 8.32 Å². The molecule has 1 aromatic carbocycles. The minimum absolute atomic E-state index is 0.215. The first kappa shape index (κ1) is 16.0. The van der Waals surface area contributed by atoms with Crippen LogP contribution in [0.5, 0.6) is 5.75 Å². The molecule has 0 saturated heterocycles. The van der Waals surface area contributed by atoms with Crippen LogP contribution in [-0.2, 0) is 6.18 Å². The summed E-state index contributed by atoms with van der Waals surface area (Å²) in [5, 5.41) is -0.215. The largest absolute Gasteiger partial charge is 0.542 e. The third-order valence-electron chi connectivity index (χ3n) is 3.44. The van der Waals surface area contributed by atoms with Gasteiger partial charge in [0, 0.05) is 0 Å². The molecule has 1 aromatic rings. The third-order valence-corrected chi connectivity index (χ3v) is 7.78. The van der Waals surface area contributed by atoms with Gasteiger partial charge >= 0.3 is 6.18 Å². The Kier molecular flexibility index (Phi) is 4.05. The van der Waals surface area contributed by atoms with Crippen molar-refractivity contribution in [2.45, 2.75) is 45.1 Å². The lowest BCUT2D eigenvalue weighted by molar-refractivity contribution is -0.140. The highest BCUT2D eigenvalue weighted by Gasteiger charge is 2.41. The summed E-state index contributed by atoms with van der Waals surface area (Å²) in [6, 6.07) is 3.12. The van der Waals surface area contributed by atoms with Crippen LogP contribution in [-0.4, -0.2) is 8.32 Å². The molecular formula is C13H18F4OSi. The standard InChI is InChI=1S/C13H18F4OSi/c1-12(2,3)19(4,5)18-10-8-6-7-9(11(10)14)13(15,16)17/h6-8H,1-5H3. The first-order valence-electron chi connectivity index (χ1n) is 5.91. The van der Waals surface area contributed by atoms with Crippen molar-refractivity contribution in [2.24, 2.45) is 0 Å². The van der Waals surface area contributed by atoms with Crippen molar-refractivity contribution in [1.82, 2.24) is 0 Å². The van der Waals surface area contributed by atoms with Crippen molar-refractivity contribution in [3.63, 3.8) is 0 Å². The van der Waals surface area contributed by atoms with Crippen LogP contribution >= 0.6 is 0 Å². The second-order valence-corrected chi connectivity index (χ2v) is 10.7. The van der Waals surface area contributed by atoms with E-state index in [0.717, 1.165) is 6.07 Å². The van der Waals surface area contributed by atoms with Crippen LogP contribution in [0.2, 0.25) is 18.1 Å². The minimum Gasteiger partial charge on any atom is -0.542 e. The molecule has 6 heteroatoms. The zero-order chi connectivity index (χ0) is 15.1. The third kappa shape index (κ3) is 3.49. The smallest absolute Gasteiger partial charge is 0.419 e. The molecule has 0 N–H and O–H groups in total. The summed E-state index contributed by atoms with van der Waals surface area (Å²) < 4.78 is 57.3. The monoisotopic (exact) mass is 294 g/mol. The van der Waals surface area contributed by atoms with Gasteiger partial charge in [-0.15, -0.1) is 0 Å². The molecule has 0 radical (unpaired) electrons. The lowest BCUT2D eigenvalue weighted by atomic mass is 10.2. The summed E-state index contributed by atoms with van der Waals surface area (Å²) in [6.45, 7) is 9.51. The van der Waals surface area contributed by atoms with Gasteiger partial charge in [-0.3, -0.25) is 0 Å². The number of rotatable bonds is 2. The maximum absolute atomic E-state index is 13.9. The Morgan fingerprint density at radius 3 is 2.00 bits per heavy atom. The van der Waals surface area contributed by atoms with E-state index in [0.29, 0.717) is 6.07 Å². The highest BCUT2D eigenvalue weighted by Crippen LogP contribution is 2.40. The molecule has 0 spiro atoms. The Balaban J connectivity index is 3.18. The first-order valence-corrected chi connectivity index (χ1v) is 8.82. The first-order chi connectivity index (χ1) is 8.36. The lowest BCUT2D eigenvalue weighted by Gasteiger charge is -2.36. The van der Waals surface area contributed by atoms with Crippen molar-refractivity contribution >= 4 is 8.32 Å². The van der Waals surface area contributed by atoms with Crippen LogP contribution in [0.4, 0.5) is 17.6 Å². The molecule has 0 saturated carbocycles. The van der Waals surface area contributed by atoms with Gasteiger partial charge in [0.1, 0.15) is 5.75 Å². The van der Waals surface area contributed by atoms with E-state index >= 15 is 0 Å². The van der Waals surface area contributed by atoms with Crippen molar-refractivity contribution in [2.75, 3.05) is 0 Å². The van der Waals surface area contributed by atoms with Crippen molar-refractivity contribution < 1.29 is 22.0 Å². The Labute approximate surface area is 111 Å².